The summed E-state index contributed by atoms with van der Waals surface area (Å²) < 4.78 is 19.3. The van der Waals surface area contributed by atoms with Crippen molar-refractivity contribution in [1.82, 2.24) is 46.6 Å². The summed E-state index contributed by atoms with van der Waals surface area (Å²) >= 11 is 36.1. The molecule has 0 aromatic carbocycles. The van der Waals surface area contributed by atoms with Crippen molar-refractivity contribution in [1.29, 1.82) is 0 Å². The Labute approximate surface area is 380 Å². The van der Waals surface area contributed by atoms with Crippen molar-refractivity contribution in [2.75, 3.05) is 39.5 Å². The molecule has 0 bridgehead atoms. The van der Waals surface area contributed by atoms with E-state index in [9.17, 15) is 0 Å². The van der Waals surface area contributed by atoms with Crippen molar-refractivity contribution in [2.24, 2.45) is 0 Å². The molecule has 0 saturated carbocycles. The third kappa shape index (κ3) is 10.00. The summed E-state index contributed by atoms with van der Waals surface area (Å²) in [5.41, 5.74) is -1.96. The maximum absolute atomic E-state index is 6.43. The van der Waals surface area contributed by atoms with E-state index in [0.717, 1.165) is 53.5 Å². The molecule has 6 fully saturated rings. The molecule has 6 rings (SSSR count). The van der Waals surface area contributed by atoms with Gasteiger partial charge in [-0.3, -0.25) is 0 Å². The summed E-state index contributed by atoms with van der Waals surface area (Å²) in [4.78, 5) is 8.41. The highest BCUT2D eigenvalue weighted by atomic mass is 32.1. The largest absolute Gasteiger partial charge is 0.350 e. The van der Waals surface area contributed by atoms with Crippen molar-refractivity contribution in [3.05, 3.63) is 0 Å². The van der Waals surface area contributed by atoms with Gasteiger partial charge < -0.3 is 60.2 Å². The number of piperidine rings is 3. The van der Waals surface area contributed by atoms with Crippen molar-refractivity contribution in [2.45, 2.75) is 171 Å². The molecule has 6 saturated heterocycles. The minimum Gasteiger partial charge on any atom is -0.350 e. The van der Waals surface area contributed by atoms with Crippen LogP contribution >= 0.6 is 81.9 Å². The number of thiocarbonyl (C=S) groups is 6. The van der Waals surface area contributed by atoms with E-state index >= 15 is 0 Å². The fraction of sp³-hybridized carbons (Fsp3) is 0.846. The maximum atomic E-state index is 6.43. The highest BCUT2D eigenvalue weighted by molar-refractivity contribution is 7.83. The molecule has 19 heteroatoms. The summed E-state index contributed by atoms with van der Waals surface area (Å²) in [6, 6.07) is 0. The Morgan fingerprint density at radius 1 is 0.414 bits per heavy atom. The van der Waals surface area contributed by atoms with E-state index in [0.29, 0.717) is 54.8 Å². The van der Waals surface area contributed by atoms with E-state index in [4.69, 9.17) is 86.9 Å². The van der Waals surface area contributed by atoms with E-state index < -0.39 is 25.2 Å². The van der Waals surface area contributed by atoms with Crippen LogP contribution in [-0.4, -0.2) is 134 Å². The van der Waals surface area contributed by atoms with Gasteiger partial charge in [0.15, 0.2) is 15.3 Å². The molecule has 0 unspecified atom stereocenters. The highest BCUT2D eigenvalue weighted by Crippen LogP contribution is 2.45. The van der Waals surface area contributed by atoms with Crippen LogP contribution in [0.25, 0.3) is 0 Å². The Hall–Kier alpha value is -0.470. The Morgan fingerprint density at radius 2 is 0.621 bits per heavy atom. The van der Waals surface area contributed by atoms with Crippen LogP contribution in [0, 0.1) is 0 Å². The molecule has 6 aliphatic rings. The van der Waals surface area contributed by atoms with E-state index in [1.165, 1.54) is 0 Å². The van der Waals surface area contributed by atoms with Gasteiger partial charge in [0, 0.05) is 52.9 Å². The molecule has 0 atom stereocenters. The Balaban J connectivity index is 1.11. The lowest BCUT2D eigenvalue weighted by molar-refractivity contribution is 0.132. The predicted molar refractivity (Wildman–Crippen MR) is 260 cm³/mol. The van der Waals surface area contributed by atoms with Crippen molar-refractivity contribution in [3.8, 4) is 0 Å². The number of nitrogens with zero attached hydrogens (tertiary/aromatic N) is 3. The Morgan fingerprint density at radius 3 is 0.828 bits per heavy atom. The molecule has 326 valence electrons. The SMILES string of the molecule is CC1(C)CC2(CC(C)(C)N1)NC(=S)N(CCOP(OCCN1C(=S)NC3(CC(C)(C)NC(C)(C)C3)C1=S)OCCN1C(=S)NC3(CC(C)(C)NC(C)(C)C3)C1=S)C2=S. The van der Waals surface area contributed by atoms with Crippen LogP contribution in [-0.2, 0) is 13.6 Å². The molecule has 58 heavy (non-hydrogen) atoms. The second kappa shape index (κ2) is 16.0. The molecule has 12 nitrogen and oxygen atoms in total. The van der Waals surface area contributed by atoms with Gasteiger partial charge >= 0.3 is 8.60 Å². The Kier molecular flexibility index (Phi) is 12.9. The van der Waals surface area contributed by atoms with E-state index in [-0.39, 0.29) is 33.2 Å². The van der Waals surface area contributed by atoms with Crippen LogP contribution in [0.5, 0.6) is 0 Å². The van der Waals surface area contributed by atoms with Crippen molar-refractivity contribution >= 4 is 112 Å². The molecule has 0 aromatic heterocycles. The average Bonchev–Trinajstić information content (AvgIpc) is 3.44. The predicted octanol–water partition coefficient (Wildman–Crippen LogP) is 5.85. The van der Waals surface area contributed by atoms with E-state index in [1.807, 2.05) is 14.7 Å². The van der Waals surface area contributed by atoms with Gasteiger partial charge in [0.25, 0.3) is 0 Å². The third-order valence-corrected chi connectivity index (χ3v) is 15.7. The van der Waals surface area contributed by atoms with Gasteiger partial charge in [0.1, 0.15) is 15.0 Å². The third-order valence-electron chi connectivity index (χ3n) is 11.8. The highest BCUT2D eigenvalue weighted by Gasteiger charge is 2.57. The molecule has 0 aromatic rings. The molecular weight excluding hydrogens is 866 g/mol. The van der Waals surface area contributed by atoms with E-state index in [2.05, 4.69) is 115 Å². The zero-order chi connectivity index (χ0) is 43.1. The summed E-state index contributed by atoms with van der Waals surface area (Å²) in [7, 11) is -1.80. The first-order valence-corrected chi connectivity index (χ1v) is 24.0. The monoisotopic (exact) mass is 931 g/mol. The van der Waals surface area contributed by atoms with E-state index in [1.54, 1.807) is 0 Å². The van der Waals surface area contributed by atoms with Crippen LogP contribution in [0.1, 0.15) is 122 Å². The fourth-order valence-electron chi connectivity index (χ4n) is 11.8. The first kappa shape index (κ1) is 47.0. The van der Waals surface area contributed by atoms with Crippen molar-refractivity contribution < 1.29 is 13.6 Å². The standard InChI is InChI=1S/C39H66N9O3PS6/c1-31(2)19-37(20-32(3,4)43-31)25(53)46(28(56)40-37)13-16-49-52(50-17-14-47-26(54)38(41-29(47)57)21-33(5,6)44-34(7,8)22-38)51-18-15-48-27(55)39(42-30(48)58)23-35(9,10)45-36(11,12)24-39/h43-45H,13-24H2,1-12H3,(H,40,56)(H,41,57)(H,42,58). The van der Waals surface area contributed by atoms with Gasteiger partial charge in [-0.1, -0.05) is 36.7 Å². The smallest absolute Gasteiger partial charge is 0.332 e. The number of rotatable bonds is 12. The molecule has 0 radical (unpaired) electrons. The normalized spacial score (nSPS) is 28.2. The first-order valence-electron chi connectivity index (χ1n) is 20.4. The lowest BCUT2D eigenvalue weighted by atomic mass is 9.71. The lowest BCUT2D eigenvalue weighted by Crippen LogP contribution is -2.68. The molecule has 3 spiro atoms. The van der Waals surface area contributed by atoms with Gasteiger partial charge in [-0.2, -0.15) is 0 Å². The zero-order valence-electron chi connectivity index (χ0n) is 36.4. The quantitative estimate of drug-likeness (QED) is 0.104. The topological polar surface area (TPSA) is 110 Å². The number of nitrogens with one attached hydrogen (secondary N) is 6. The van der Waals surface area contributed by atoms with Gasteiger partial charge in [-0.25, -0.2) is 0 Å². The molecule has 6 heterocycles. The zero-order valence-corrected chi connectivity index (χ0v) is 42.2. The maximum Gasteiger partial charge on any atom is 0.332 e. The van der Waals surface area contributed by atoms with Crippen LogP contribution in [0.3, 0.4) is 0 Å². The minimum absolute atomic E-state index is 0.123. The summed E-state index contributed by atoms with van der Waals surface area (Å²) in [5.74, 6) is 0. The van der Waals surface area contributed by atoms with Crippen LogP contribution in [0.15, 0.2) is 0 Å². The van der Waals surface area contributed by atoms with Gasteiger partial charge in [0.05, 0.1) is 36.4 Å². The van der Waals surface area contributed by atoms with Gasteiger partial charge in [-0.15, -0.1) is 0 Å². The van der Waals surface area contributed by atoms with Crippen LogP contribution in [0.4, 0.5) is 0 Å². The summed E-state index contributed by atoms with van der Waals surface area (Å²) in [5, 5.41) is 24.0. The second-order valence-corrected chi connectivity index (χ2v) is 24.9. The molecule has 6 N–H and O–H groups in total. The van der Waals surface area contributed by atoms with Crippen LogP contribution in [0.2, 0.25) is 0 Å². The molecule has 0 aliphatic carbocycles. The Bertz CT molecular complexity index is 1500. The van der Waals surface area contributed by atoms with Crippen LogP contribution < -0.4 is 31.9 Å². The van der Waals surface area contributed by atoms with Crippen molar-refractivity contribution in [3.63, 3.8) is 0 Å². The molecular formula is C39H66N9O3PS6. The molecule has 0 amide bonds. The van der Waals surface area contributed by atoms with Gasteiger partial charge in [-0.05, 0) is 158 Å². The summed E-state index contributed by atoms with van der Waals surface area (Å²) in [6.45, 7) is 28.9. The van der Waals surface area contributed by atoms with Gasteiger partial charge in [0.2, 0.25) is 0 Å². The number of hydrogen-bond donors (Lipinski definition) is 6. The lowest BCUT2D eigenvalue weighted by Gasteiger charge is -2.51. The number of hydrogen-bond acceptors (Lipinski definition) is 12. The minimum atomic E-state index is -1.80. The fourth-order valence-corrected chi connectivity index (χ4v) is 15.2. The second-order valence-electron chi connectivity index (χ2n) is 21.4. The molecule has 6 aliphatic heterocycles. The summed E-state index contributed by atoms with van der Waals surface area (Å²) in [6.07, 6.45) is 4.93. The first-order chi connectivity index (χ1) is 26.4. The average molecular weight is 932 g/mol.